The summed E-state index contributed by atoms with van der Waals surface area (Å²) in [5.74, 6) is 0. The number of rotatable bonds is 3. The van der Waals surface area contributed by atoms with Crippen LogP contribution in [0.5, 0.6) is 0 Å². The highest BCUT2D eigenvalue weighted by molar-refractivity contribution is 7.92. The highest BCUT2D eigenvalue weighted by atomic mass is 32.2. The summed E-state index contributed by atoms with van der Waals surface area (Å²) in [5, 5.41) is 0. The molecule has 0 fully saturated rings. The second-order valence-electron chi connectivity index (χ2n) is 6.85. The number of benzene rings is 3. The van der Waals surface area contributed by atoms with Crippen LogP contribution in [-0.4, -0.2) is 15.0 Å². The van der Waals surface area contributed by atoms with Crippen LogP contribution in [0, 0.1) is 13.8 Å². The summed E-state index contributed by atoms with van der Waals surface area (Å²) in [6, 6.07) is 23.0. The molecule has 4 heteroatoms. The number of fused-ring (bicyclic) bond motifs is 1. The molecule has 1 heterocycles. The Labute approximate surface area is 160 Å². The first-order valence-electron chi connectivity index (χ1n) is 8.93. The van der Waals surface area contributed by atoms with E-state index in [-0.39, 0.29) is 0 Å². The first kappa shape index (κ1) is 17.6. The van der Waals surface area contributed by atoms with E-state index in [1.165, 1.54) is 9.87 Å². The zero-order chi connectivity index (χ0) is 19.0. The number of para-hydroxylation sites is 1. The summed E-state index contributed by atoms with van der Waals surface area (Å²) in [5.41, 5.74) is 6.06. The van der Waals surface area contributed by atoms with E-state index < -0.39 is 10.0 Å². The van der Waals surface area contributed by atoms with Crippen LogP contribution in [0.2, 0.25) is 0 Å². The van der Waals surface area contributed by atoms with Crippen molar-refractivity contribution in [3.63, 3.8) is 0 Å². The Morgan fingerprint density at radius 2 is 1.37 bits per heavy atom. The number of hydrogen-bond donors (Lipinski definition) is 0. The molecule has 0 amide bonds. The first-order valence-corrected chi connectivity index (χ1v) is 10.4. The van der Waals surface area contributed by atoms with Gasteiger partial charge in [0.1, 0.15) is 0 Å². The maximum absolute atomic E-state index is 13.2. The van der Waals surface area contributed by atoms with Crippen molar-refractivity contribution >= 4 is 21.3 Å². The van der Waals surface area contributed by atoms with E-state index in [1.54, 1.807) is 12.1 Å². The van der Waals surface area contributed by atoms with Crippen LogP contribution in [-0.2, 0) is 10.0 Å². The van der Waals surface area contributed by atoms with E-state index in [9.17, 15) is 8.42 Å². The second kappa shape index (κ2) is 6.71. The molecule has 3 nitrogen and oxygen atoms in total. The zero-order valence-electron chi connectivity index (χ0n) is 15.4. The molecule has 136 valence electrons. The van der Waals surface area contributed by atoms with Gasteiger partial charge in [0.05, 0.1) is 17.1 Å². The lowest BCUT2D eigenvalue weighted by Crippen LogP contribution is -2.34. The van der Waals surface area contributed by atoms with Crippen molar-refractivity contribution in [1.82, 2.24) is 0 Å². The lowest BCUT2D eigenvalue weighted by atomic mass is 9.93. The Balaban J connectivity index is 1.80. The number of sulfonamides is 1. The van der Waals surface area contributed by atoms with Gasteiger partial charge in [-0.25, -0.2) is 8.42 Å². The third kappa shape index (κ3) is 3.17. The van der Waals surface area contributed by atoms with Crippen molar-refractivity contribution < 1.29 is 8.42 Å². The highest BCUT2D eigenvalue weighted by Crippen LogP contribution is 2.38. The summed E-state index contributed by atoms with van der Waals surface area (Å²) < 4.78 is 28.0. The predicted octanol–water partition coefficient (Wildman–Crippen LogP) is 4.94. The van der Waals surface area contributed by atoms with E-state index in [0.29, 0.717) is 11.4 Å². The van der Waals surface area contributed by atoms with Gasteiger partial charge in [-0.2, -0.15) is 0 Å². The van der Waals surface area contributed by atoms with Gasteiger partial charge in [-0.15, -0.1) is 0 Å². The molecule has 0 unspecified atom stereocenters. The van der Waals surface area contributed by atoms with Crippen molar-refractivity contribution in [2.24, 2.45) is 0 Å². The van der Waals surface area contributed by atoms with Crippen LogP contribution in [0.3, 0.4) is 0 Å². The fourth-order valence-corrected chi connectivity index (χ4v) is 4.80. The fourth-order valence-electron chi connectivity index (χ4n) is 3.37. The highest BCUT2D eigenvalue weighted by Gasteiger charge is 2.29. The van der Waals surface area contributed by atoms with Crippen molar-refractivity contribution in [1.29, 1.82) is 0 Å². The Bertz CT molecular complexity index is 1110. The topological polar surface area (TPSA) is 37.4 Å². The molecule has 3 aromatic rings. The van der Waals surface area contributed by atoms with Gasteiger partial charge in [-0.3, -0.25) is 4.31 Å². The van der Waals surface area contributed by atoms with Gasteiger partial charge >= 0.3 is 0 Å². The fraction of sp³-hybridized carbons (Fsp3) is 0.130. The van der Waals surface area contributed by atoms with Gasteiger partial charge in [0.15, 0.2) is 0 Å². The maximum Gasteiger partial charge on any atom is 0.264 e. The number of nitrogens with zero attached hydrogens (tertiary/aromatic N) is 1. The molecule has 0 saturated carbocycles. The van der Waals surface area contributed by atoms with E-state index in [0.717, 1.165) is 28.0 Å². The normalized spacial score (nSPS) is 13.9. The lowest BCUT2D eigenvalue weighted by Gasteiger charge is -2.30. The molecule has 27 heavy (non-hydrogen) atoms. The van der Waals surface area contributed by atoms with Crippen molar-refractivity contribution in [3.8, 4) is 0 Å². The van der Waals surface area contributed by atoms with Gasteiger partial charge in [-0.05, 0) is 43.2 Å². The molecule has 4 rings (SSSR count). The second-order valence-corrected chi connectivity index (χ2v) is 8.71. The van der Waals surface area contributed by atoms with E-state index >= 15 is 0 Å². The number of aryl methyl sites for hydroxylation is 2. The monoisotopic (exact) mass is 375 g/mol. The zero-order valence-corrected chi connectivity index (χ0v) is 16.2. The van der Waals surface area contributed by atoms with Crippen LogP contribution in [0.25, 0.3) is 5.57 Å². The van der Waals surface area contributed by atoms with E-state index in [1.807, 2.05) is 49.4 Å². The summed E-state index contributed by atoms with van der Waals surface area (Å²) in [4.78, 5) is 0.315. The Morgan fingerprint density at radius 1 is 0.778 bits per heavy atom. The van der Waals surface area contributed by atoms with E-state index in [2.05, 4.69) is 31.2 Å². The first-order chi connectivity index (χ1) is 13.0. The molecular formula is C23H21NO2S. The molecule has 0 aliphatic carbocycles. The predicted molar refractivity (Wildman–Crippen MR) is 110 cm³/mol. The summed E-state index contributed by atoms with van der Waals surface area (Å²) in [7, 11) is -3.62. The van der Waals surface area contributed by atoms with Gasteiger partial charge < -0.3 is 0 Å². The molecular weight excluding hydrogens is 354 g/mol. The van der Waals surface area contributed by atoms with Gasteiger partial charge in [0.2, 0.25) is 0 Å². The summed E-state index contributed by atoms with van der Waals surface area (Å²) in [6.07, 6.45) is 2.00. The molecule has 0 N–H and O–H groups in total. The molecule has 0 aromatic heterocycles. The lowest BCUT2D eigenvalue weighted by molar-refractivity contribution is 0.592. The van der Waals surface area contributed by atoms with Crippen LogP contribution < -0.4 is 4.31 Å². The molecule has 1 aliphatic rings. The molecule has 3 aromatic carbocycles. The van der Waals surface area contributed by atoms with Crippen LogP contribution in [0.1, 0.15) is 22.3 Å². The molecule has 0 radical (unpaired) electrons. The molecule has 0 bridgehead atoms. The van der Waals surface area contributed by atoms with Gasteiger partial charge in [0, 0.05) is 5.56 Å². The molecule has 0 spiro atoms. The van der Waals surface area contributed by atoms with Gasteiger partial charge in [-0.1, -0.05) is 71.8 Å². The average Bonchev–Trinajstić information content (AvgIpc) is 2.68. The largest absolute Gasteiger partial charge is 0.264 e. The smallest absolute Gasteiger partial charge is 0.262 e. The average molecular weight is 375 g/mol. The Kier molecular flexibility index (Phi) is 4.36. The minimum absolute atomic E-state index is 0.315. The van der Waals surface area contributed by atoms with Crippen LogP contribution in [0.4, 0.5) is 5.69 Å². The third-order valence-corrected chi connectivity index (χ3v) is 6.69. The number of hydrogen-bond acceptors (Lipinski definition) is 2. The quantitative estimate of drug-likeness (QED) is 0.650. The van der Waals surface area contributed by atoms with Crippen molar-refractivity contribution in [2.45, 2.75) is 18.7 Å². The standard InChI is InChI=1S/C23H21NO2S/c1-17-7-11-19(12-8-17)21-15-16-24(23-6-4-3-5-22(21)23)27(25,26)20-13-9-18(2)10-14-20/h3-15H,16H2,1-2H3. The molecule has 1 aliphatic heterocycles. The third-order valence-electron chi connectivity index (χ3n) is 4.90. The van der Waals surface area contributed by atoms with E-state index in [4.69, 9.17) is 0 Å². The molecule has 0 saturated heterocycles. The van der Waals surface area contributed by atoms with Crippen LogP contribution >= 0.6 is 0 Å². The van der Waals surface area contributed by atoms with Gasteiger partial charge in [0.25, 0.3) is 10.0 Å². The SMILES string of the molecule is Cc1ccc(C2=CCN(S(=O)(=O)c3ccc(C)cc3)c3ccccc32)cc1. The summed E-state index contributed by atoms with van der Waals surface area (Å²) in [6.45, 7) is 4.32. The maximum atomic E-state index is 13.2. The summed E-state index contributed by atoms with van der Waals surface area (Å²) >= 11 is 0. The van der Waals surface area contributed by atoms with Crippen LogP contribution in [0.15, 0.2) is 83.8 Å². The van der Waals surface area contributed by atoms with Crippen molar-refractivity contribution in [2.75, 3.05) is 10.8 Å². The minimum Gasteiger partial charge on any atom is -0.262 e. The molecule has 0 atom stereocenters. The van der Waals surface area contributed by atoms with Crippen molar-refractivity contribution in [3.05, 3.63) is 101 Å². The minimum atomic E-state index is -3.62. The Morgan fingerprint density at radius 3 is 2.04 bits per heavy atom. The number of anilines is 1. The Hall–Kier alpha value is -2.85.